The molecule has 35 heavy (non-hydrogen) atoms. The highest BCUT2D eigenvalue weighted by molar-refractivity contribution is 8.14. The Bertz CT molecular complexity index is 1170. The van der Waals surface area contributed by atoms with Crippen molar-refractivity contribution in [2.24, 2.45) is 9.98 Å². The number of nitrogens with one attached hydrogen (secondary N) is 2. The molecule has 3 amide bonds. The molecule has 3 heterocycles. The van der Waals surface area contributed by atoms with Gasteiger partial charge in [-0.2, -0.15) is 0 Å². The van der Waals surface area contributed by atoms with Crippen LogP contribution in [0.25, 0.3) is 0 Å². The Labute approximate surface area is 207 Å². The van der Waals surface area contributed by atoms with Gasteiger partial charge in [-0.15, -0.1) is 0 Å². The van der Waals surface area contributed by atoms with Gasteiger partial charge in [-0.25, -0.2) is 9.89 Å². The van der Waals surface area contributed by atoms with Crippen molar-refractivity contribution in [3.8, 4) is 0 Å². The molecule has 1 aromatic carbocycles. The lowest BCUT2D eigenvalue weighted by Gasteiger charge is -2.26. The summed E-state index contributed by atoms with van der Waals surface area (Å²) in [7, 11) is 0. The summed E-state index contributed by atoms with van der Waals surface area (Å²) >= 11 is 1.22. The van der Waals surface area contributed by atoms with Crippen LogP contribution in [0, 0.1) is 0 Å². The van der Waals surface area contributed by atoms with E-state index >= 15 is 0 Å². The average Bonchev–Trinajstić information content (AvgIpc) is 3.50. The van der Waals surface area contributed by atoms with Crippen LogP contribution in [0.1, 0.15) is 49.8 Å². The fourth-order valence-electron chi connectivity index (χ4n) is 4.52. The maximum atomic E-state index is 13.3. The molecule has 10 heteroatoms. The molecule has 5 rings (SSSR count). The van der Waals surface area contributed by atoms with Crippen LogP contribution in [0.3, 0.4) is 0 Å². The number of benzene rings is 1. The van der Waals surface area contributed by atoms with Crippen LogP contribution < -0.4 is 10.6 Å². The maximum absolute atomic E-state index is 13.3. The lowest BCUT2D eigenvalue weighted by Crippen LogP contribution is -2.43. The fourth-order valence-corrected chi connectivity index (χ4v) is 5.34. The van der Waals surface area contributed by atoms with E-state index in [0.29, 0.717) is 22.5 Å². The summed E-state index contributed by atoms with van der Waals surface area (Å²) in [6.07, 6.45) is 6.98. The van der Waals surface area contributed by atoms with E-state index in [1.54, 1.807) is 12.1 Å². The Morgan fingerprint density at radius 3 is 2.71 bits per heavy atom. The van der Waals surface area contributed by atoms with E-state index in [1.165, 1.54) is 29.3 Å². The van der Waals surface area contributed by atoms with E-state index in [-0.39, 0.29) is 42.5 Å². The second-order valence-electron chi connectivity index (χ2n) is 8.81. The Kier molecular flexibility index (Phi) is 6.98. The second kappa shape index (κ2) is 10.5. The number of aliphatic imine (C=N–C) groups is 2. The molecule has 2 aliphatic heterocycles. The van der Waals surface area contributed by atoms with Crippen molar-refractivity contribution in [3.63, 3.8) is 0 Å². The first-order valence-corrected chi connectivity index (χ1v) is 12.9. The van der Waals surface area contributed by atoms with Gasteiger partial charge in [0.1, 0.15) is 17.6 Å². The summed E-state index contributed by atoms with van der Waals surface area (Å²) in [6, 6.07) is 10.3. The van der Waals surface area contributed by atoms with E-state index in [1.807, 2.05) is 24.3 Å². The van der Waals surface area contributed by atoms with Gasteiger partial charge in [0, 0.05) is 11.6 Å². The molecule has 0 spiro atoms. The van der Waals surface area contributed by atoms with Crippen LogP contribution >= 0.6 is 11.8 Å². The second-order valence-corrected chi connectivity index (χ2v) is 9.75. The number of amides is 3. The Morgan fingerprint density at radius 1 is 1.09 bits per heavy atom. The molecule has 2 aromatic rings. The van der Waals surface area contributed by atoms with Gasteiger partial charge in [0.25, 0.3) is 5.91 Å². The van der Waals surface area contributed by atoms with Gasteiger partial charge in [0.15, 0.2) is 5.17 Å². The number of thioether (sulfide) groups is 1. The van der Waals surface area contributed by atoms with Crippen LogP contribution in [-0.4, -0.2) is 51.5 Å². The van der Waals surface area contributed by atoms with Crippen molar-refractivity contribution < 1.29 is 18.8 Å². The van der Waals surface area contributed by atoms with E-state index in [4.69, 9.17) is 4.42 Å². The molecule has 1 atom stereocenters. The monoisotopic (exact) mass is 493 g/mol. The number of fused-ring (bicyclic) bond motifs is 3. The maximum Gasteiger partial charge on any atom is 0.259 e. The molecule has 0 unspecified atom stereocenters. The molecule has 182 valence electrons. The normalized spacial score (nSPS) is 19.5. The highest BCUT2D eigenvalue weighted by Gasteiger charge is 2.42. The predicted molar refractivity (Wildman–Crippen MR) is 133 cm³/mol. The topological polar surface area (TPSA) is 116 Å². The summed E-state index contributed by atoms with van der Waals surface area (Å²) in [6.45, 7) is 0.245. The molecule has 1 fully saturated rings. The highest BCUT2D eigenvalue weighted by atomic mass is 32.2. The van der Waals surface area contributed by atoms with Crippen molar-refractivity contribution in [1.82, 2.24) is 15.5 Å². The van der Waals surface area contributed by atoms with E-state index in [0.717, 1.165) is 31.2 Å². The summed E-state index contributed by atoms with van der Waals surface area (Å²) in [5, 5.41) is 6.27. The van der Waals surface area contributed by atoms with Crippen molar-refractivity contribution in [3.05, 3.63) is 54.0 Å². The average molecular weight is 494 g/mol. The zero-order valence-corrected chi connectivity index (χ0v) is 20.1. The number of nitrogens with zero attached hydrogens (tertiary/aromatic N) is 3. The van der Waals surface area contributed by atoms with Gasteiger partial charge in [-0.3, -0.25) is 19.4 Å². The van der Waals surface area contributed by atoms with Gasteiger partial charge in [-0.1, -0.05) is 43.2 Å². The third kappa shape index (κ3) is 5.32. The zero-order valence-electron chi connectivity index (χ0n) is 19.2. The molecule has 1 saturated carbocycles. The van der Waals surface area contributed by atoms with Crippen molar-refractivity contribution >= 4 is 46.2 Å². The number of rotatable bonds is 7. The van der Waals surface area contributed by atoms with Gasteiger partial charge < -0.3 is 15.1 Å². The molecule has 1 aromatic heterocycles. The molecular formula is C25H27N5O4S. The lowest BCUT2D eigenvalue weighted by atomic mass is 9.95. The summed E-state index contributed by atoms with van der Waals surface area (Å²) < 4.78 is 5.23. The molecule has 0 radical (unpaired) electrons. The minimum atomic E-state index is -0.852. The van der Waals surface area contributed by atoms with Crippen LogP contribution in [-0.2, 0) is 20.9 Å². The summed E-state index contributed by atoms with van der Waals surface area (Å²) in [5.41, 5.74) is 1.42. The minimum absolute atomic E-state index is 0.0672. The predicted octanol–water partition coefficient (Wildman–Crippen LogP) is 3.13. The minimum Gasteiger partial charge on any atom is -0.467 e. The third-order valence-corrected chi connectivity index (χ3v) is 7.21. The molecular weight excluding hydrogens is 466 g/mol. The Morgan fingerprint density at radius 2 is 1.91 bits per heavy atom. The lowest BCUT2D eigenvalue weighted by molar-refractivity contribution is -0.128. The third-order valence-electron chi connectivity index (χ3n) is 6.27. The number of carbonyl (C=O) groups excluding carboxylic acids is 3. The Balaban J connectivity index is 1.27. The standard InChI is InChI=1S/C25H27N5O4S/c31-21(26-14-17-9-6-12-34-17)13-20-24(33)30-23(28-20)18-10-4-5-11-19(18)29-25(30)35-15-22(32)27-16-7-2-1-3-8-16/h4-6,9-12,16,20H,1-3,7-8,13-15H2,(H,26,31)(H,27,32)/t20-/m1/s1. The van der Waals surface area contributed by atoms with Gasteiger partial charge in [-0.05, 0) is 37.1 Å². The van der Waals surface area contributed by atoms with Gasteiger partial charge in [0.05, 0.1) is 30.7 Å². The number of para-hydroxylation sites is 1. The van der Waals surface area contributed by atoms with Crippen molar-refractivity contribution in [2.45, 2.75) is 57.2 Å². The van der Waals surface area contributed by atoms with E-state index in [9.17, 15) is 14.4 Å². The summed E-state index contributed by atoms with van der Waals surface area (Å²) in [4.78, 5) is 49.1. The van der Waals surface area contributed by atoms with Gasteiger partial charge in [0.2, 0.25) is 11.8 Å². The first-order valence-electron chi connectivity index (χ1n) is 11.9. The van der Waals surface area contributed by atoms with Crippen LogP contribution in [0.15, 0.2) is 57.1 Å². The molecule has 9 nitrogen and oxygen atoms in total. The first-order chi connectivity index (χ1) is 17.1. The molecule has 1 aliphatic carbocycles. The highest BCUT2D eigenvalue weighted by Crippen LogP contribution is 2.34. The van der Waals surface area contributed by atoms with Crippen molar-refractivity contribution in [2.75, 3.05) is 5.75 Å². The Hall–Kier alpha value is -3.40. The summed E-state index contributed by atoms with van der Waals surface area (Å²) in [5.74, 6) is 0.577. The molecule has 0 saturated heterocycles. The smallest absolute Gasteiger partial charge is 0.259 e. The van der Waals surface area contributed by atoms with Gasteiger partial charge >= 0.3 is 0 Å². The van der Waals surface area contributed by atoms with E-state index in [2.05, 4.69) is 20.6 Å². The number of furan rings is 1. The van der Waals surface area contributed by atoms with E-state index < -0.39 is 6.04 Å². The van der Waals surface area contributed by atoms with Crippen molar-refractivity contribution in [1.29, 1.82) is 0 Å². The quantitative estimate of drug-likeness (QED) is 0.615. The number of hydrogen-bond donors (Lipinski definition) is 2. The first kappa shape index (κ1) is 23.3. The number of amidine groups is 2. The van der Waals surface area contributed by atoms with Crippen LogP contribution in [0.5, 0.6) is 0 Å². The largest absolute Gasteiger partial charge is 0.467 e. The van der Waals surface area contributed by atoms with Crippen LogP contribution in [0.2, 0.25) is 0 Å². The number of hydrogen-bond acceptors (Lipinski definition) is 7. The number of carbonyl (C=O) groups is 3. The molecule has 3 aliphatic rings. The molecule has 2 N–H and O–H groups in total. The molecule has 0 bridgehead atoms. The zero-order chi connectivity index (χ0) is 24.2. The SMILES string of the molecule is O=C(C[C@H]1N=C2c3ccccc3N=C(SCC(=O)NC3CCCCC3)N2C1=O)NCc1ccco1. The fraction of sp³-hybridized carbons (Fsp3) is 0.400. The van der Waals surface area contributed by atoms with Crippen LogP contribution in [0.4, 0.5) is 5.69 Å².